The van der Waals surface area contributed by atoms with Crippen LogP contribution in [0.5, 0.6) is 0 Å². The van der Waals surface area contributed by atoms with Gasteiger partial charge in [0.1, 0.15) is 6.04 Å². The number of benzene rings is 3. The van der Waals surface area contributed by atoms with Crippen LogP contribution in [0.1, 0.15) is 6.42 Å². The summed E-state index contributed by atoms with van der Waals surface area (Å²) in [6, 6.07) is 17.3. The maximum atomic E-state index is 13.6. The molecule has 32 heavy (non-hydrogen) atoms. The summed E-state index contributed by atoms with van der Waals surface area (Å²) in [4.78, 5) is 25.6. The molecular weight excluding hydrogens is 473 g/mol. The van der Waals surface area contributed by atoms with Crippen molar-refractivity contribution in [2.75, 3.05) is 14.9 Å². The van der Waals surface area contributed by atoms with Gasteiger partial charge in [-0.1, -0.05) is 35.3 Å². The average molecular weight is 490 g/mol. The molecule has 0 aliphatic carbocycles. The van der Waals surface area contributed by atoms with Crippen molar-refractivity contribution in [3.8, 4) is 0 Å². The zero-order chi connectivity index (χ0) is 22.9. The fraction of sp³-hybridized carbons (Fsp3) is 0.0909. The summed E-state index contributed by atoms with van der Waals surface area (Å²) < 4.78 is 28.1. The number of hydrogen-bond acceptors (Lipinski definition) is 4. The molecule has 0 unspecified atom stereocenters. The average Bonchev–Trinajstić information content (AvgIpc) is 2.76. The second-order valence-electron chi connectivity index (χ2n) is 7.04. The minimum Gasteiger partial charge on any atom is -0.326 e. The summed E-state index contributed by atoms with van der Waals surface area (Å²) in [6.07, 6.45) is -0.393. The van der Waals surface area contributed by atoms with Crippen LogP contribution in [0.15, 0.2) is 77.7 Å². The molecule has 0 aromatic heterocycles. The van der Waals surface area contributed by atoms with E-state index in [1.54, 1.807) is 48.5 Å². The highest BCUT2D eigenvalue weighted by Crippen LogP contribution is 2.37. The molecule has 0 fully saturated rings. The lowest BCUT2D eigenvalue weighted by Gasteiger charge is -2.36. The molecule has 2 amide bonds. The van der Waals surface area contributed by atoms with Gasteiger partial charge in [0.15, 0.2) is 0 Å². The van der Waals surface area contributed by atoms with Gasteiger partial charge >= 0.3 is 0 Å². The number of halogens is 2. The molecule has 1 aliphatic heterocycles. The first kappa shape index (κ1) is 22.1. The van der Waals surface area contributed by atoms with Gasteiger partial charge in [0.25, 0.3) is 10.0 Å². The zero-order valence-electron chi connectivity index (χ0n) is 16.5. The number of carbonyl (C=O) groups excluding carboxylic acids is 2. The number of hydrogen-bond donors (Lipinski definition) is 2. The minimum atomic E-state index is -4.18. The second-order valence-corrected chi connectivity index (χ2v) is 9.72. The van der Waals surface area contributed by atoms with E-state index in [0.29, 0.717) is 21.4 Å². The molecular formula is C22H17Cl2N3O4S. The number of rotatable bonds is 5. The molecule has 2 N–H and O–H groups in total. The maximum Gasteiger partial charge on any atom is 0.265 e. The van der Waals surface area contributed by atoms with Crippen LogP contribution in [-0.4, -0.2) is 26.3 Å². The smallest absolute Gasteiger partial charge is 0.265 e. The topological polar surface area (TPSA) is 95.6 Å². The molecule has 3 aromatic carbocycles. The maximum absolute atomic E-state index is 13.6. The summed E-state index contributed by atoms with van der Waals surface area (Å²) in [6.45, 7) is 0. The fourth-order valence-corrected chi connectivity index (χ4v) is 5.26. The van der Waals surface area contributed by atoms with Gasteiger partial charge in [-0.2, -0.15) is 0 Å². The van der Waals surface area contributed by atoms with E-state index in [1.165, 1.54) is 24.3 Å². The molecule has 1 aliphatic rings. The Kier molecular flexibility index (Phi) is 6.10. The van der Waals surface area contributed by atoms with E-state index in [1.807, 2.05) is 0 Å². The highest BCUT2D eigenvalue weighted by atomic mass is 35.5. The zero-order valence-corrected chi connectivity index (χ0v) is 18.8. The lowest BCUT2D eigenvalue weighted by molar-refractivity contribution is -0.122. The number of anilines is 3. The second kappa shape index (κ2) is 8.82. The standard InChI is InChI=1S/C22H17Cl2N3O4S/c23-14-5-9-16(10-6-14)25-21(28)13-20-22(29)26-18-3-1-2-4-19(18)27(20)32(30,31)17-11-7-15(24)8-12-17/h1-12,20H,13H2,(H,25,28)(H,26,29)/t20-/m1/s1. The summed E-state index contributed by atoms with van der Waals surface area (Å²) in [5.74, 6) is -1.13. The normalized spacial score (nSPS) is 15.6. The SMILES string of the molecule is O=C(C[C@@H]1C(=O)Nc2ccccc2N1S(=O)(=O)c1ccc(Cl)cc1)Nc1ccc(Cl)cc1. The lowest BCUT2D eigenvalue weighted by atomic mass is 10.1. The molecule has 0 spiro atoms. The third kappa shape index (κ3) is 4.43. The van der Waals surface area contributed by atoms with Gasteiger partial charge in [-0.15, -0.1) is 0 Å². The Hall–Kier alpha value is -3.07. The van der Waals surface area contributed by atoms with Gasteiger partial charge < -0.3 is 10.6 Å². The van der Waals surface area contributed by atoms with Crippen molar-refractivity contribution in [1.29, 1.82) is 0 Å². The Labute approximate surface area is 195 Å². The van der Waals surface area contributed by atoms with E-state index in [2.05, 4.69) is 10.6 Å². The largest absolute Gasteiger partial charge is 0.326 e. The van der Waals surface area contributed by atoms with Crippen LogP contribution in [-0.2, 0) is 19.6 Å². The van der Waals surface area contributed by atoms with Gasteiger partial charge in [-0.05, 0) is 60.7 Å². The Balaban J connectivity index is 1.71. The summed E-state index contributed by atoms with van der Waals surface area (Å²) >= 11 is 11.8. The van der Waals surface area contributed by atoms with Crippen molar-refractivity contribution < 1.29 is 18.0 Å². The number of nitrogens with one attached hydrogen (secondary N) is 2. The van der Waals surface area contributed by atoms with Gasteiger partial charge in [0.05, 0.1) is 22.7 Å². The predicted molar refractivity (Wildman–Crippen MR) is 125 cm³/mol. The quantitative estimate of drug-likeness (QED) is 0.549. The van der Waals surface area contributed by atoms with Crippen LogP contribution in [0.3, 0.4) is 0 Å². The van der Waals surface area contributed by atoms with E-state index in [9.17, 15) is 18.0 Å². The molecule has 10 heteroatoms. The molecule has 4 rings (SSSR count). The first-order valence-corrected chi connectivity index (χ1v) is 11.7. The van der Waals surface area contributed by atoms with Crippen LogP contribution < -0.4 is 14.9 Å². The van der Waals surface area contributed by atoms with Crippen molar-refractivity contribution in [2.45, 2.75) is 17.4 Å². The van der Waals surface area contributed by atoms with E-state index >= 15 is 0 Å². The number of sulfonamides is 1. The van der Waals surface area contributed by atoms with E-state index < -0.39 is 34.3 Å². The Bertz CT molecular complexity index is 1280. The Morgan fingerprint density at radius 2 is 1.53 bits per heavy atom. The highest BCUT2D eigenvalue weighted by molar-refractivity contribution is 7.93. The highest BCUT2D eigenvalue weighted by Gasteiger charge is 2.41. The number of para-hydroxylation sites is 2. The Morgan fingerprint density at radius 1 is 0.938 bits per heavy atom. The van der Waals surface area contributed by atoms with Crippen LogP contribution >= 0.6 is 23.2 Å². The predicted octanol–water partition coefficient (Wildman–Crippen LogP) is 4.54. The van der Waals surface area contributed by atoms with Crippen LogP contribution in [0.4, 0.5) is 17.1 Å². The number of nitrogens with zero attached hydrogens (tertiary/aromatic N) is 1. The molecule has 0 saturated carbocycles. The molecule has 1 atom stereocenters. The molecule has 1 heterocycles. The first-order chi connectivity index (χ1) is 15.3. The fourth-order valence-electron chi connectivity index (χ4n) is 3.38. The number of carbonyl (C=O) groups is 2. The van der Waals surface area contributed by atoms with Gasteiger partial charge in [0, 0.05) is 15.7 Å². The molecule has 0 saturated heterocycles. The van der Waals surface area contributed by atoms with Crippen LogP contribution in [0.2, 0.25) is 10.0 Å². The van der Waals surface area contributed by atoms with Crippen molar-refractivity contribution in [1.82, 2.24) is 0 Å². The van der Waals surface area contributed by atoms with Crippen molar-refractivity contribution in [3.05, 3.63) is 82.8 Å². The molecule has 3 aromatic rings. The Morgan fingerprint density at radius 3 is 2.19 bits per heavy atom. The first-order valence-electron chi connectivity index (χ1n) is 9.51. The van der Waals surface area contributed by atoms with E-state index in [0.717, 1.165) is 4.31 Å². The van der Waals surface area contributed by atoms with E-state index in [4.69, 9.17) is 23.2 Å². The van der Waals surface area contributed by atoms with Crippen LogP contribution in [0.25, 0.3) is 0 Å². The summed E-state index contributed by atoms with van der Waals surface area (Å²) in [7, 11) is -4.18. The molecule has 7 nitrogen and oxygen atoms in total. The number of amides is 2. The number of fused-ring (bicyclic) bond motifs is 1. The van der Waals surface area contributed by atoms with Crippen LogP contribution in [0, 0.1) is 0 Å². The summed E-state index contributed by atoms with van der Waals surface area (Å²) in [5.41, 5.74) is 1.08. The molecule has 0 radical (unpaired) electrons. The third-order valence-corrected chi connectivity index (χ3v) is 7.20. The third-order valence-electron chi connectivity index (χ3n) is 4.86. The lowest BCUT2D eigenvalue weighted by Crippen LogP contribution is -2.52. The molecule has 164 valence electrons. The minimum absolute atomic E-state index is 0.0467. The van der Waals surface area contributed by atoms with Gasteiger partial charge in [-0.25, -0.2) is 8.42 Å². The monoisotopic (exact) mass is 489 g/mol. The van der Waals surface area contributed by atoms with Crippen molar-refractivity contribution in [2.24, 2.45) is 0 Å². The van der Waals surface area contributed by atoms with Crippen molar-refractivity contribution in [3.63, 3.8) is 0 Å². The van der Waals surface area contributed by atoms with Crippen molar-refractivity contribution >= 4 is 62.1 Å². The van der Waals surface area contributed by atoms with E-state index in [-0.39, 0.29) is 10.6 Å². The van der Waals surface area contributed by atoms with Gasteiger partial charge in [0.2, 0.25) is 11.8 Å². The van der Waals surface area contributed by atoms with Gasteiger partial charge in [-0.3, -0.25) is 13.9 Å². The molecule has 0 bridgehead atoms. The summed E-state index contributed by atoms with van der Waals surface area (Å²) in [5, 5.41) is 6.23.